The summed E-state index contributed by atoms with van der Waals surface area (Å²) in [5.74, 6) is 1.34. The normalized spacial score (nSPS) is 9.08. The molecule has 1 aromatic rings. The van der Waals surface area contributed by atoms with Crippen LogP contribution in [0.3, 0.4) is 0 Å². The summed E-state index contributed by atoms with van der Waals surface area (Å²) >= 11 is 0. The highest BCUT2D eigenvalue weighted by Gasteiger charge is 2.00. The molecule has 74 valence electrons. The molecule has 0 fully saturated rings. The Morgan fingerprint density at radius 3 is 2.38 bits per heavy atom. The molecule has 0 saturated carbocycles. The maximum Gasteiger partial charge on any atom is 0.122 e. The molecule has 0 bridgehead atoms. The first-order valence-electron chi connectivity index (χ1n) is 4.74. The molecule has 0 unspecified atom stereocenters. The average Bonchev–Trinajstić information content (AvgIpc) is 2.21. The molecule has 1 heterocycles. The molecule has 1 aromatic heterocycles. The van der Waals surface area contributed by atoms with Crippen LogP contribution in [0.5, 0.6) is 5.75 Å². The highest BCUT2D eigenvalue weighted by molar-refractivity contribution is 5.23. The summed E-state index contributed by atoms with van der Waals surface area (Å²) in [5.41, 5.74) is 1.07. The predicted molar refractivity (Wildman–Crippen MR) is 56.2 cm³/mol. The average molecular weight is 181 g/mol. The fourth-order valence-electron chi connectivity index (χ4n) is 0.871. The van der Waals surface area contributed by atoms with Gasteiger partial charge in [-0.1, -0.05) is 27.7 Å². The number of methoxy groups -OCH3 is 1. The third kappa shape index (κ3) is 3.92. The highest BCUT2D eigenvalue weighted by atomic mass is 16.5. The zero-order chi connectivity index (χ0) is 10.3. The van der Waals surface area contributed by atoms with E-state index in [4.69, 9.17) is 4.74 Å². The number of hydrogen-bond acceptors (Lipinski definition) is 2. The molecule has 0 N–H and O–H groups in total. The quantitative estimate of drug-likeness (QED) is 0.698. The summed E-state index contributed by atoms with van der Waals surface area (Å²) in [4.78, 5) is 4.21. The Bertz CT molecular complexity index is 233. The van der Waals surface area contributed by atoms with Crippen LogP contribution >= 0.6 is 0 Å². The predicted octanol–water partition coefficient (Wildman–Crippen LogP) is 3.24. The Kier molecular flexibility index (Phi) is 5.94. The minimum atomic E-state index is 0.463. The van der Waals surface area contributed by atoms with Crippen molar-refractivity contribution in [2.24, 2.45) is 0 Å². The largest absolute Gasteiger partial charge is 0.497 e. The van der Waals surface area contributed by atoms with Gasteiger partial charge in [-0.3, -0.25) is 4.98 Å². The fourth-order valence-corrected chi connectivity index (χ4v) is 0.871. The lowest BCUT2D eigenvalue weighted by atomic mass is 10.1. The van der Waals surface area contributed by atoms with Crippen LogP contribution in [0.15, 0.2) is 18.3 Å². The smallest absolute Gasteiger partial charge is 0.122 e. The van der Waals surface area contributed by atoms with Crippen LogP contribution < -0.4 is 4.74 Å². The first-order valence-corrected chi connectivity index (χ1v) is 4.74. The third-order valence-corrected chi connectivity index (χ3v) is 1.58. The SMILES string of the molecule is CC.COc1ccnc(C(C)C)c1. The Labute approximate surface area is 81.0 Å². The zero-order valence-corrected chi connectivity index (χ0v) is 9.16. The van der Waals surface area contributed by atoms with Crippen LogP contribution in [0.4, 0.5) is 0 Å². The minimum Gasteiger partial charge on any atom is -0.497 e. The Hall–Kier alpha value is -1.05. The number of ether oxygens (including phenoxy) is 1. The summed E-state index contributed by atoms with van der Waals surface area (Å²) in [6.45, 7) is 8.23. The van der Waals surface area contributed by atoms with Gasteiger partial charge in [-0.05, 0) is 12.0 Å². The molecule has 0 spiro atoms. The lowest BCUT2D eigenvalue weighted by Crippen LogP contribution is -1.92. The van der Waals surface area contributed by atoms with E-state index in [0.29, 0.717) is 5.92 Å². The van der Waals surface area contributed by atoms with Crippen molar-refractivity contribution < 1.29 is 4.74 Å². The third-order valence-electron chi connectivity index (χ3n) is 1.58. The van der Waals surface area contributed by atoms with E-state index in [0.717, 1.165) is 11.4 Å². The van der Waals surface area contributed by atoms with Crippen molar-refractivity contribution >= 4 is 0 Å². The number of pyridine rings is 1. The summed E-state index contributed by atoms with van der Waals surface area (Å²) in [5, 5.41) is 0. The van der Waals surface area contributed by atoms with Crippen molar-refractivity contribution in [3.63, 3.8) is 0 Å². The second kappa shape index (κ2) is 6.46. The number of nitrogens with zero attached hydrogens (tertiary/aromatic N) is 1. The van der Waals surface area contributed by atoms with E-state index in [1.807, 2.05) is 26.0 Å². The van der Waals surface area contributed by atoms with Gasteiger partial charge in [-0.2, -0.15) is 0 Å². The van der Waals surface area contributed by atoms with Gasteiger partial charge in [0.25, 0.3) is 0 Å². The van der Waals surface area contributed by atoms with Crippen LogP contribution in [-0.2, 0) is 0 Å². The Balaban J connectivity index is 0.000000671. The van der Waals surface area contributed by atoms with Crippen molar-refractivity contribution in [1.82, 2.24) is 4.98 Å². The molecule has 0 aliphatic carbocycles. The van der Waals surface area contributed by atoms with Crippen LogP contribution in [-0.4, -0.2) is 12.1 Å². The molecule has 0 amide bonds. The Morgan fingerprint density at radius 1 is 1.31 bits per heavy atom. The van der Waals surface area contributed by atoms with Gasteiger partial charge < -0.3 is 4.74 Å². The van der Waals surface area contributed by atoms with Gasteiger partial charge in [-0.25, -0.2) is 0 Å². The molecule has 0 aromatic carbocycles. The van der Waals surface area contributed by atoms with Crippen LogP contribution in [0.1, 0.15) is 39.3 Å². The second-order valence-corrected chi connectivity index (χ2v) is 2.78. The number of rotatable bonds is 2. The van der Waals surface area contributed by atoms with Gasteiger partial charge in [0, 0.05) is 18.0 Å². The van der Waals surface area contributed by atoms with Gasteiger partial charge in [0.2, 0.25) is 0 Å². The van der Waals surface area contributed by atoms with Gasteiger partial charge in [0.1, 0.15) is 5.75 Å². The molecule has 0 saturated heterocycles. The van der Waals surface area contributed by atoms with E-state index in [2.05, 4.69) is 18.8 Å². The topological polar surface area (TPSA) is 22.1 Å². The highest BCUT2D eigenvalue weighted by Crippen LogP contribution is 2.16. The molecule has 2 heteroatoms. The van der Waals surface area contributed by atoms with Crippen molar-refractivity contribution in [1.29, 1.82) is 0 Å². The summed E-state index contributed by atoms with van der Waals surface area (Å²) in [6, 6.07) is 3.82. The number of aromatic nitrogens is 1. The van der Waals surface area contributed by atoms with Crippen LogP contribution in [0.2, 0.25) is 0 Å². The lowest BCUT2D eigenvalue weighted by Gasteiger charge is -2.05. The minimum absolute atomic E-state index is 0.463. The lowest BCUT2D eigenvalue weighted by molar-refractivity contribution is 0.413. The fraction of sp³-hybridized carbons (Fsp3) is 0.545. The standard InChI is InChI=1S/C9H13NO.C2H6/c1-7(2)9-6-8(11-3)4-5-10-9;1-2/h4-7H,1-3H3;1-2H3. The molecule has 0 aliphatic rings. The van der Waals surface area contributed by atoms with E-state index >= 15 is 0 Å². The van der Waals surface area contributed by atoms with Crippen molar-refractivity contribution in [2.75, 3.05) is 7.11 Å². The van der Waals surface area contributed by atoms with Crippen molar-refractivity contribution in [3.05, 3.63) is 24.0 Å². The molecule has 0 aliphatic heterocycles. The molecule has 13 heavy (non-hydrogen) atoms. The van der Waals surface area contributed by atoms with Gasteiger partial charge in [-0.15, -0.1) is 0 Å². The summed E-state index contributed by atoms with van der Waals surface area (Å²) in [7, 11) is 1.67. The molecule has 0 radical (unpaired) electrons. The molecule has 2 nitrogen and oxygen atoms in total. The van der Waals surface area contributed by atoms with Crippen LogP contribution in [0.25, 0.3) is 0 Å². The van der Waals surface area contributed by atoms with Crippen molar-refractivity contribution in [3.8, 4) is 5.75 Å². The van der Waals surface area contributed by atoms with E-state index in [-0.39, 0.29) is 0 Å². The summed E-state index contributed by atoms with van der Waals surface area (Å²) < 4.78 is 5.07. The molecular weight excluding hydrogens is 162 g/mol. The number of hydrogen-bond donors (Lipinski definition) is 0. The van der Waals surface area contributed by atoms with E-state index in [1.165, 1.54) is 0 Å². The van der Waals surface area contributed by atoms with Crippen LogP contribution in [0, 0.1) is 0 Å². The first-order chi connectivity index (χ1) is 6.24. The Morgan fingerprint density at radius 2 is 1.92 bits per heavy atom. The second-order valence-electron chi connectivity index (χ2n) is 2.78. The molecule has 0 atom stereocenters. The maximum atomic E-state index is 5.07. The van der Waals surface area contributed by atoms with Gasteiger partial charge in [0.15, 0.2) is 0 Å². The van der Waals surface area contributed by atoms with E-state index in [9.17, 15) is 0 Å². The van der Waals surface area contributed by atoms with E-state index in [1.54, 1.807) is 13.3 Å². The molecular formula is C11H19NO. The first kappa shape index (κ1) is 11.9. The van der Waals surface area contributed by atoms with Crippen molar-refractivity contribution in [2.45, 2.75) is 33.6 Å². The van der Waals surface area contributed by atoms with Gasteiger partial charge >= 0.3 is 0 Å². The van der Waals surface area contributed by atoms with Gasteiger partial charge in [0.05, 0.1) is 7.11 Å². The molecule has 1 rings (SSSR count). The van der Waals surface area contributed by atoms with E-state index < -0.39 is 0 Å². The maximum absolute atomic E-state index is 5.07. The summed E-state index contributed by atoms with van der Waals surface area (Å²) in [6.07, 6.45) is 1.77. The monoisotopic (exact) mass is 181 g/mol. The zero-order valence-electron chi connectivity index (χ0n) is 9.16.